The summed E-state index contributed by atoms with van der Waals surface area (Å²) in [5, 5.41) is 60.4. The molecule has 28 heavy (non-hydrogen) atoms. The van der Waals surface area contributed by atoms with Crippen molar-refractivity contribution in [2.24, 2.45) is 11.8 Å². The molecule has 2 fully saturated rings. The van der Waals surface area contributed by atoms with Crippen molar-refractivity contribution in [1.29, 1.82) is 0 Å². The summed E-state index contributed by atoms with van der Waals surface area (Å²) in [4.78, 5) is 12.0. The van der Waals surface area contributed by atoms with Crippen molar-refractivity contribution in [3.05, 3.63) is 11.8 Å². The van der Waals surface area contributed by atoms with Gasteiger partial charge in [0.15, 0.2) is 6.29 Å². The molecular formula is C17H26O11. The van der Waals surface area contributed by atoms with Crippen LogP contribution in [0.4, 0.5) is 0 Å². The minimum Gasteiger partial charge on any atom is -0.471 e. The zero-order valence-electron chi connectivity index (χ0n) is 15.4. The van der Waals surface area contributed by atoms with Crippen molar-refractivity contribution >= 4 is 5.97 Å². The number of carbonyl (C=O) groups excluding carboxylic acids is 1. The second kappa shape index (κ2) is 7.84. The first-order chi connectivity index (χ1) is 13.1. The van der Waals surface area contributed by atoms with Gasteiger partial charge in [-0.2, -0.15) is 0 Å². The molecule has 11 nitrogen and oxygen atoms in total. The van der Waals surface area contributed by atoms with Crippen LogP contribution in [-0.2, 0) is 23.7 Å². The minimum atomic E-state index is -1.66. The van der Waals surface area contributed by atoms with Crippen LogP contribution in [0.25, 0.3) is 0 Å². The smallest absolute Gasteiger partial charge is 0.337 e. The van der Waals surface area contributed by atoms with Gasteiger partial charge in [-0.15, -0.1) is 0 Å². The Morgan fingerprint density at radius 1 is 1.21 bits per heavy atom. The summed E-state index contributed by atoms with van der Waals surface area (Å²) in [6.07, 6.45) is -8.88. The van der Waals surface area contributed by atoms with Crippen molar-refractivity contribution in [2.75, 3.05) is 13.7 Å². The fourth-order valence-corrected chi connectivity index (χ4v) is 4.21. The number of fused-ring (bicyclic) bond motifs is 1. The van der Waals surface area contributed by atoms with Crippen LogP contribution in [0, 0.1) is 11.8 Å². The third-order valence-corrected chi connectivity index (χ3v) is 5.66. The Morgan fingerprint density at radius 2 is 1.89 bits per heavy atom. The minimum absolute atomic E-state index is 0.0337. The lowest BCUT2D eigenvalue weighted by atomic mass is 9.80. The first kappa shape index (κ1) is 21.4. The van der Waals surface area contributed by atoms with Gasteiger partial charge in [-0.1, -0.05) is 0 Å². The monoisotopic (exact) mass is 406 g/mol. The number of ether oxygens (including phenoxy) is 4. The molecule has 3 rings (SSSR count). The molecule has 1 saturated carbocycles. The maximum Gasteiger partial charge on any atom is 0.337 e. The molecule has 0 amide bonds. The lowest BCUT2D eigenvalue weighted by Crippen LogP contribution is -2.60. The molecular weight excluding hydrogens is 380 g/mol. The van der Waals surface area contributed by atoms with Gasteiger partial charge in [-0.3, -0.25) is 0 Å². The Labute approximate surface area is 160 Å². The Kier molecular flexibility index (Phi) is 5.99. The van der Waals surface area contributed by atoms with E-state index in [1.807, 2.05) is 0 Å². The molecule has 11 heteroatoms. The Bertz CT molecular complexity index is 618. The van der Waals surface area contributed by atoms with Crippen molar-refractivity contribution in [3.63, 3.8) is 0 Å². The van der Waals surface area contributed by atoms with E-state index in [9.17, 15) is 35.4 Å². The molecule has 2 heterocycles. The van der Waals surface area contributed by atoms with Gasteiger partial charge in [-0.25, -0.2) is 4.79 Å². The fraction of sp³-hybridized carbons (Fsp3) is 0.824. The average molecular weight is 406 g/mol. The standard InChI is InChI=1S/C17H26O11/c1-17(24)3-7(19)9-6(14(23)25-2)5-26-15(10(9)17)28-16-13(22)12(21)11(20)8(4-18)27-16/h5,7-13,15-16,18-22,24H,3-4H2,1-2H3/t7?,8?,9-,10+,11?,12?,13?,15?,16?,17+/m1/s1. The van der Waals surface area contributed by atoms with Gasteiger partial charge in [-0.05, 0) is 6.92 Å². The van der Waals surface area contributed by atoms with Crippen LogP contribution < -0.4 is 0 Å². The summed E-state index contributed by atoms with van der Waals surface area (Å²) >= 11 is 0. The third-order valence-electron chi connectivity index (χ3n) is 5.66. The summed E-state index contributed by atoms with van der Waals surface area (Å²) in [5.41, 5.74) is -1.46. The topological polar surface area (TPSA) is 175 Å². The van der Waals surface area contributed by atoms with Gasteiger partial charge in [0, 0.05) is 12.3 Å². The van der Waals surface area contributed by atoms with E-state index in [0.717, 1.165) is 6.26 Å². The number of aliphatic hydroxyl groups is 6. The fourth-order valence-electron chi connectivity index (χ4n) is 4.21. The largest absolute Gasteiger partial charge is 0.471 e. The molecule has 6 N–H and O–H groups in total. The van der Waals surface area contributed by atoms with E-state index in [-0.39, 0.29) is 12.0 Å². The Balaban J connectivity index is 1.86. The second-order valence-electron chi connectivity index (χ2n) is 7.58. The highest BCUT2D eigenvalue weighted by Crippen LogP contribution is 2.49. The molecule has 0 aromatic rings. The molecule has 160 valence electrons. The third kappa shape index (κ3) is 3.53. The van der Waals surface area contributed by atoms with E-state index < -0.39 is 73.1 Å². The zero-order chi connectivity index (χ0) is 20.8. The Morgan fingerprint density at radius 3 is 2.50 bits per heavy atom. The zero-order valence-corrected chi connectivity index (χ0v) is 15.4. The number of aliphatic hydroxyl groups excluding tert-OH is 5. The van der Waals surface area contributed by atoms with E-state index in [2.05, 4.69) is 0 Å². The normalized spacial score (nSPS) is 48.4. The van der Waals surface area contributed by atoms with Crippen molar-refractivity contribution in [3.8, 4) is 0 Å². The summed E-state index contributed by atoms with van der Waals surface area (Å²) in [7, 11) is 1.17. The van der Waals surface area contributed by atoms with Crippen molar-refractivity contribution in [1.82, 2.24) is 0 Å². The first-order valence-electron chi connectivity index (χ1n) is 8.92. The summed E-state index contributed by atoms with van der Waals surface area (Å²) in [6, 6.07) is 0. The van der Waals surface area contributed by atoms with Crippen LogP contribution in [0.2, 0.25) is 0 Å². The summed E-state index contributed by atoms with van der Waals surface area (Å²) in [5.74, 6) is -2.50. The van der Waals surface area contributed by atoms with Gasteiger partial charge >= 0.3 is 5.97 Å². The average Bonchev–Trinajstić information content (AvgIpc) is 2.91. The summed E-state index contributed by atoms with van der Waals surface area (Å²) < 4.78 is 21.1. The van der Waals surface area contributed by atoms with Gasteiger partial charge in [0.05, 0.1) is 43.2 Å². The van der Waals surface area contributed by atoms with Crippen LogP contribution in [0.5, 0.6) is 0 Å². The van der Waals surface area contributed by atoms with Gasteiger partial charge < -0.3 is 49.6 Å². The second-order valence-corrected chi connectivity index (χ2v) is 7.58. The number of esters is 1. The SMILES string of the molecule is COC(=O)C1=COC(OC2OC(CO)C(O)C(O)C2O)[C@@H]2[C@H]1C(O)C[C@]2(C)O. The van der Waals surface area contributed by atoms with E-state index in [0.29, 0.717) is 0 Å². The van der Waals surface area contributed by atoms with Gasteiger partial charge in [0.2, 0.25) is 6.29 Å². The van der Waals surface area contributed by atoms with Crippen molar-refractivity contribution < 1.29 is 54.4 Å². The number of rotatable bonds is 4. The maximum absolute atomic E-state index is 12.0. The lowest BCUT2D eigenvalue weighted by Gasteiger charge is -2.44. The van der Waals surface area contributed by atoms with Crippen molar-refractivity contribution in [2.45, 2.75) is 62.0 Å². The molecule has 10 atom stereocenters. The van der Waals surface area contributed by atoms with E-state index in [1.165, 1.54) is 14.0 Å². The van der Waals surface area contributed by atoms with E-state index in [4.69, 9.17) is 18.9 Å². The molecule has 0 bridgehead atoms. The van der Waals surface area contributed by atoms with Crippen LogP contribution >= 0.6 is 0 Å². The highest BCUT2D eigenvalue weighted by molar-refractivity contribution is 5.89. The maximum atomic E-state index is 12.0. The molecule has 2 aliphatic heterocycles. The molecule has 3 aliphatic rings. The Hall–Kier alpha value is -1.31. The number of hydrogen-bond donors (Lipinski definition) is 6. The molecule has 0 spiro atoms. The van der Waals surface area contributed by atoms with Gasteiger partial charge in [0.1, 0.15) is 24.4 Å². The molecule has 7 unspecified atom stereocenters. The molecule has 0 aromatic heterocycles. The quantitative estimate of drug-likeness (QED) is 0.262. The number of hydrogen-bond acceptors (Lipinski definition) is 11. The predicted molar refractivity (Wildman–Crippen MR) is 88.1 cm³/mol. The molecule has 1 aliphatic carbocycles. The van der Waals surface area contributed by atoms with Crippen LogP contribution in [-0.4, -0.2) is 99.0 Å². The molecule has 0 aromatic carbocycles. The molecule has 0 radical (unpaired) electrons. The van der Waals surface area contributed by atoms with Crippen LogP contribution in [0.1, 0.15) is 13.3 Å². The highest BCUT2D eigenvalue weighted by Gasteiger charge is 2.59. The predicted octanol–water partition coefficient (Wildman–Crippen LogP) is -3.04. The van der Waals surface area contributed by atoms with Crippen LogP contribution in [0.15, 0.2) is 11.8 Å². The number of carbonyl (C=O) groups is 1. The van der Waals surface area contributed by atoms with E-state index >= 15 is 0 Å². The van der Waals surface area contributed by atoms with Gasteiger partial charge in [0.25, 0.3) is 0 Å². The van der Waals surface area contributed by atoms with Crippen LogP contribution in [0.3, 0.4) is 0 Å². The highest BCUT2D eigenvalue weighted by atomic mass is 16.8. The first-order valence-corrected chi connectivity index (χ1v) is 8.92. The molecule has 1 saturated heterocycles. The lowest BCUT2D eigenvalue weighted by molar-refractivity contribution is -0.346. The number of methoxy groups -OCH3 is 1. The van der Waals surface area contributed by atoms with E-state index in [1.54, 1.807) is 0 Å². The summed E-state index contributed by atoms with van der Waals surface area (Å²) in [6.45, 7) is 0.819.